The molecule has 0 N–H and O–H groups in total. The van der Waals surface area contributed by atoms with Crippen molar-refractivity contribution in [1.82, 2.24) is 15.0 Å². The lowest BCUT2D eigenvalue weighted by Gasteiger charge is -2.37. The van der Waals surface area contributed by atoms with Crippen LogP contribution in [0.2, 0.25) is 0 Å². The second kappa shape index (κ2) is 5.31. The maximum absolute atomic E-state index is 12.0. The number of likely N-dealkylation sites (tertiary alicyclic amines) is 1. The summed E-state index contributed by atoms with van der Waals surface area (Å²) in [5, 5.41) is 3.79. The molecule has 2 fully saturated rings. The molecule has 0 bridgehead atoms. The van der Waals surface area contributed by atoms with Gasteiger partial charge in [-0.05, 0) is 19.3 Å². The minimum Gasteiger partial charge on any atom is -0.341 e. The van der Waals surface area contributed by atoms with E-state index < -0.39 is 0 Å². The van der Waals surface area contributed by atoms with Crippen LogP contribution in [-0.2, 0) is 4.79 Å². The van der Waals surface area contributed by atoms with E-state index in [1.807, 2.05) is 11.8 Å². The van der Waals surface area contributed by atoms with Gasteiger partial charge in [-0.3, -0.25) is 4.79 Å². The predicted molar refractivity (Wildman–Crippen MR) is 69.5 cm³/mol. The van der Waals surface area contributed by atoms with Crippen molar-refractivity contribution < 1.29 is 9.32 Å². The summed E-state index contributed by atoms with van der Waals surface area (Å²) in [5.74, 6) is 2.67. The molecule has 5 heteroatoms. The normalized spacial score (nSPS) is 20.8. The molecule has 3 rings (SSSR count). The third kappa shape index (κ3) is 2.80. The molecule has 1 aromatic heterocycles. The van der Waals surface area contributed by atoms with Gasteiger partial charge in [0, 0.05) is 19.5 Å². The van der Waals surface area contributed by atoms with Crippen LogP contribution in [0.5, 0.6) is 0 Å². The van der Waals surface area contributed by atoms with E-state index in [9.17, 15) is 4.79 Å². The highest BCUT2D eigenvalue weighted by Crippen LogP contribution is 2.30. The fourth-order valence-corrected chi connectivity index (χ4v) is 3.10. The molecule has 1 aliphatic heterocycles. The summed E-state index contributed by atoms with van der Waals surface area (Å²) in [7, 11) is 0. The number of amides is 1. The topological polar surface area (TPSA) is 59.2 Å². The van der Waals surface area contributed by atoms with Gasteiger partial charge in [-0.25, -0.2) is 0 Å². The van der Waals surface area contributed by atoms with Gasteiger partial charge in [0.15, 0.2) is 5.82 Å². The highest BCUT2D eigenvalue weighted by atomic mass is 16.5. The summed E-state index contributed by atoms with van der Waals surface area (Å²) in [6.45, 7) is 3.30. The number of nitrogens with zero attached hydrogens (tertiary/aromatic N) is 3. The van der Waals surface area contributed by atoms with Crippen LogP contribution in [0.4, 0.5) is 0 Å². The smallest absolute Gasteiger partial charge is 0.233 e. The van der Waals surface area contributed by atoms with E-state index in [0.717, 1.165) is 25.4 Å². The van der Waals surface area contributed by atoms with Gasteiger partial charge < -0.3 is 9.42 Å². The maximum atomic E-state index is 12.0. The van der Waals surface area contributed by atoms with E-state index in [2.05, 4.69) is 10.1 Å². The third-order valence-electron chi connectivity index (χ3n) is 4.37. The molecule has 1 aromatic rings. The summed E-state index contributed by atoms with van der Waals surface area (Å²) >= 11 is 0. The van der Waals surface area contributed by atoms with Crippen LogP contribution >= 0.6 is 0 Å². The molecule has 0 atom stereocenters. The van der Waals surface area contributed by atoms with Gasteiger partial charge in [-0.15, -0.1) is 0 Å². The summed E-state index contributed by atoms with van der Waals surface area (Å²) < 4.78 is 5.14. The largest absolute Gasteiger partial charge is 0.341 e. The molecule has 1 saturated heterocycles. The molecular formula is C14H21N3O2. The molecule has 0 spiro atoms. The van der Waals surface area contributed by atoms with E-state index >= 15 is 0 Å². The van der Waals surface area contributed by atoms with Gasteiger partial charge >= 0.3 is 0 Å². The lowest BCUT2D eigenvalue weighted by molar-refractivity contribution is -0.136. The van der Waals surface area contributed by atoms with Gasteiger partial charge in [-0.2, -0.15) is 4.98 Å². The minimum absolute atomic E-state index is 0.247. The van der Waals surface area contributed by atoms with Crippen LogP contribution in [0.3, 0.4) is 0 Å². The second-order valence-corrected chi connectivity index (χ2v) is 5.86. The number of carbonyl (C=O) groups excluding carboxylic acids is 1. The van der Waals surface area contributed by atoms with Crippen molar-refractivity contribution in [3.05, 3.63) is 11.7 Å². The average Bonchev–Trinajstić information content (AvgIpc) is 2.96. The van der Waals surface area contributed by atoms with E-state index in [0.29, 0.717) is 24.0 Å². The SMILES string of the molecule is Cc1noc(C2CN(C(=O)CCC3CCCC3)C2)n1. The first kappa shape index (κ1) is 12.6. The van der Waals surface area contributed by atoms with Crippen LogP contribution in [0, 0.1) is 12.8 Å². The highest BCUT2D eigenvalue weighted by molar-refractivity contribution is 5.77. The standard InChI is InChI=1S/C14H21N3O2/c1-10-15-14(19-16-10)12-8-17(9-12)13(18)7-6-11-4-2-3-5-11/h11-12H,2-9H2,1H3. The van der Waals surface area contributed by atoms with Crippen LogP contribution < -0.4 is 0 Å². The zero-order valence-corrected chi connectivity index (χ0v) is 11.5. The second-order valence-electron chi connectivity index (χ2n) is 5.86. The first-order valence-corrected chi connectivity index (χ1v) is 7.30. The van der Waals surface area contributed by atoms with E-state index in [-0.39, 0.29) is 5.92 Å². The molecule has 2 heterocycles. The monoisotopic (exact) mass is 263 g/mol. The van der Waals surface area contributed by atoms with Crippen molar-refractivity contribution in [2.45, 2.75) is 51.4 Å². The van der Waals surface area contributed by atoms with Gasteiger partial charge in [0.1, 0.15) is 0 Å². The van der Waals surface area contributed by atoms with Crippen LogP contribution in [-0.4, -0.2) is 34.0 Å². The maximum Gasteiger partial charge on any atom is 0.233 e. The first-order chi connectivity index (χ1) is 9.22. The lowest BCUT2D eigenvalue weighted by atomic mass is 9.97. The first-order valence-electron chi connectivity index (χ1n) is 7.30. The van der Waals surface area contributed by atoms with Crippen molar-refractivity contribution in [2.24, 2.45) is 5.92 Å². The molecule has 0 aromatic carbocycles. The lowest BCUT2D eigenvalue weighted by Crippen LogP contribution is -2.48. The summed E-state index contributed by atoms with van der Waals surface area (Å²) in [6.07, 6.45) is 7.11. The Hall–Kier alpha value is -1.39. The number of hydrogen-bond acceptors (Lipinski definition) is 4. The molecule has 0 radical (unpaired) electrons. The quantitative estimate of drug-likeness (QED) is 0.836. The Kier molecular flexibility index (Phi) is 3.53. The number of carbonyl (C=O) groups is 1. The molecule has 104 valence electrons. The summed E-state index contributed by atoms with van der Waals surface area (Å²) in [6, 6.07) is 0. The van der Waals surface area contributed by atoms with Crippen molar-refractivity contribution >= 4 is 5.91 Å². The fraction of sp³-hybridized carbons (Fsp3) is 0.786. The molecular weight excluding hydrogens is 242 g/mol. The average molecular weight is 263 g/mol. The minimum atomic E-state index is 0.247. The van der Waals surface area contributed by atoms with Gasteiger partial charge in [-0.1, -0.05) is 30.8 Å². The Morgan fingerprint density at radius 3 is 2.74 bits per heavy atom. The Morgan fingerprint density at radius 1 is 1.37 bits per heavy atom. The van der Waals surface area contributed by atoms with Gasteiger partial charge in [0.2, 0.25) is 11.8 Å². The zero-order valence-electron chi connectivity index (χ0n) is 11.5. The molecule has 2 aliphatic rings. The molecule has 1 amide bonds. The third-order valence-corrected chi connectivity index (χ3v) is 4.37. The van der Waals surface area contributed by atoms with Crippen molar-refractivity contribution in [3.8, 4) is 0 Å². The Balaban J connectivity index is 1.41. The van der Waals surface area contributed by atoms with Gasteiger partial charge in [0.25, 0.3) is 0 Å². The Labute approximate surface area is 113 Å². The van der Waals surface area contributed by atoms with Crippen molar-refractivity contribution in [2.75, 3.05) is 13.1 Å². The van der Waals surface area contributed by atoms with Crippen LogP contribution in [0.25, 0.3) is 0 Å². The Morgan fingerprint density at radius 2 is 2.11 bits per heavy atom. The number of rotatable bonds is 4. The Bertz CT molecular complexity index is 445. The van der Waals surface area contributed by atoms with E-state index in [4.69, 9.17) is 4.52 Å². The molecule has 1 aliphatic carbocycles. The zero-order chi connectivity index (χ0) is 13.2. The summed E-state index contributed by atoms with van der Waals surface area (Å²) in [4.78, 5) is 18.2. The fourth-order valence-electron chi connectivity index (χ4n) is 3.10. The predicted octanol–water partition coefficient (Wildman–Crippen LogP) is 2.27. The molecule has 0 unspecified atom stereocenters. The molecule has 5 nitrogen and oxygen atoms in total. The van der Waals surface area contributed by atoms with Crippen molar-refractivity contribution in [3.63, 3.8) is 0 Å². The van der Waals surface area contributed by atoms with Gasteiger partial charge in [0.05, 0.1) is 5.92 Å². The number of aromatic nitrogens is 2. The number of hydrogen-bond donors (Lipinski definition) is 0. The summed E-state index contributed by atoms with van der Waals surface area (Å²) in [5.41, 5.74) is 0. The van der Waals surface area contributed by atoms with E-state index in [1.54, 1.807) is 0 Å². The van der Waals surface area contributed by atoms with Crippen molar-refractivity contribution in [1.29, 1.82) is 0 Å². The molecule has 19 heavy (non-hydrogen) atoms. The highest BCUT2D eigenvalue weighted by Gasteiger charge is 2.35. The number of aryl methyl sites for hydroxylation is 1. The van der Waals surface area contributed by atoms with E-state index in [1.165, 1.54) is 25.7 Å². The van der Waals surface area contributed by atoms with Crippen LogP contribution in [0.1, 0.15) is 56.2 Å². The van der Waals surface area contributed by atoms with Crippen LogP contribution in [0.15, 0.2) is 4.52 Å². The molecule has 1 saturated carbocycles.